The molecule has 1 aliphatic heterocycles. The van der Waals surface area contributed by atoms with Crippen LogP contribution < -0.4 is 4.74 Å². The summed E-state index contributed by atoms with van der Waals surface area (Å²) in [7, 11) is 0. The van der Waals surface area contributed by atoms with Gasteiger partial charge >= 0.3 is 18.2 Å². The average Bonchev–Trinajstić information content (AvgIpc) is 3.36. The second kappa shape index (κ2) is 7.33. The minimum atomic E-state index is -4.43. The molecule has 1 aliphatic carbocycles. The van der Waals surface area contributed by atoms with E-state index in [4.69, 9.17) is 9.84 Å². The predicted octanol–water partition coefficient (Wildman–Crippen LogP) is 3.67. The van der Waals surface area contributed by atoms with Gasteiger partial charge in [0.2, 0.25) is 0 Å². The van der Waals surface area contributed by atoms with Gasteiger partial charge in [-0.1, -0.05) is 6.07 Å². The number of aromatic carboxylic acids is 1. The highest BCUT2D eigenvalue weighted by molar-refractivity contribution is 5.86. The van der Waals surface area contributed by atoms with Gasteiger partial charge in [0.15, 0.2) is 5.69 Å². The number of ether oxygens (including phenoxy) is 1. The summed E-state index contributed by atoms with van der Waals surface area (Å²) in [6.07, 6.45) is -2.03. The van der Waals surface area contributed by atoms with Gasteiger partial charge in [-0.15, -0.1) is 0 Å². The molecule has 1 saturated carbocycles. The first-order chi connectivity index (χ1) is 14.1. The highest BCUT2D eigenvalue weighted by atomic mass is 19.4. The van der Waals surface area contributed by atoms with Crippen LogP contribution in [0.5, 0.6) is 5.75 Å². The van der Waals surface area contributed by atoms with Crippen LogP contribution in [0.2, 0.25) is 0 Å². The smallest absolute Gasteiger partial charge is 0.416 e. The number of alkyl halides is 3. The third-order valence-electron chi connectivity index (χ3n) is 5.87. The molecule has 2 aromatic rings. The van der Waals surface area contributed by atoms with E-state index in [-0.39, 0.29) is 41.0 Å². The number of rotatable bonds is 3. The molecule has 2 unspecified atom stereocenters. The van der Waals surface area contributed by atoms with Gasteiger partial charge in [-0.25, -0.2) is 9.59 Å². The summed E-state index contributed by atoms with van der Waals surface area (Å²) in [6, 6.07) is 4.81. The van der Waals surface area contributed by atoms with E-state index in [1.54, 1.807) is 11.0 Å². The van der Waals surface area contributed by atoms with Crippen molar-refractivity contribution >= 4 is 12.0 Å². The van der Waals surface area contributed by atoms with Crippen LogP contribution in [0.1, 0.15) is 34.5 Å². The Morgan fingerprint density at radius 2 is 1.83 bits per heavy atom. The van der Waals surface area contributed by atoms with E-state index in [9.17, 15) is 22.8 Å². The number of carbonyl (C=O) groups is 2. The van der Waals surface area contributed by atoms with Gasteiger partial charge in [0.1, 0.15) is 5.75 Å². The molecule has 0 radical (unpaired) electrons. The number of nitrogens with zero attached hydrogens (tertiary/aromatic N) is 3. The fourth-order valence-corrected chi connectivity index (χ4v) is 4.42. The van der Waals surface area contributed by atoms with Crippen LogP contribution in [0.25, 0.3) is 0 Å². The summed E-state index contributed by atoms with van der Waals surface area (Å²) < 4.78 is 46.2. The molecular weight excluding hydrogens is 403 g/mol. The summed E-state index contributed by atoms with van der Waals surface area (Å²) in [5.41, 5.74) is -0.825. The highest BCUT2D eigenvalue weighted by Crippen LogP contribution is 2.41. The normalized spacial score (nSPS) is 23.5. The molecule has 1 aromatic heterocycles. The fraction of sp³-hybridized carbons (Fsp3) is 0.450. The van der Waals surface area contributed by atoms with E-state index in [1.807, 2.05) is 0 Å². The molecule has 1 amide bonds. The van der Waals surface area contributed by atoms with Crippen molar-refractivity contribution < 1.29 is 32.6 Å². The van der Waals surface area contributed by atoms with Gasteiger partial charge in [0, 0.05) is 24.8 Å². The van der Waals surface area contributed by atoms with E-state index in [2.05, 4.69) is 5.10 Å². The molecule has 160 valence electrons. The van der Waals surface area contributed by atoms with Crippen molar-refractivity contribution in [3.8, 4) is 5.75 Å². The molecule has 0 spiro atoms. The number of fused-ring (bicyclic) bond motifs is 1. The van der Waals surface area contributed by atoms with Gasteiger partial charge in [-0.2, -0.15) is 23.0 Å². The molecule has 4 rings (SSSR count). The van der Waals surface area contributed by atoms with Gasteiger partial charge in [-0.05, 0) is 49.8 Å². The van der Waals surface area contributed by atoms with E-state index in [1.165, 1.54) is 25.3 Å². The maximum atomic E-state index is 13.1. The molecule has 1 aromatic carbocycles. The summed E-state index contributed by atoms with van der Waals surface area (Å²) in [5, 5.41) is 12.7. The number of likely N-dealkylation sites (tertiary alicyclic amines) is 1. The third-order valence-corrected chi connectivity index (χ3v) is 5.87. The lowest BCUT2D eigenvalue weighted by molar-refractivity contribution is -0.138. The monoisotopic (exact) mass is 423 g/mol. The zero-order valence-electron chi connectivity index (χ0n) is 16.1. The largest absolute Gasteiger partial charge is 0.490 e. The standard InChI is InChI=1S/C20H20F3N3O4/c1-11-15(20(21,22)23)3-2-4-17(11)30-14-7-12-9-25(10-13(12)8-14)19(29)26-6-5-16(24-26)18(27)28/h2-6,12-14H,7-10H2,1H3,(H,27,28). The summed E-state index contributed by atoms with van der Waals surface area (Å²) in [5.74, 6) is -0.607. The highest BCUT2D eigenvalue weighted by Gasteiger charge is 2.44. The fourth-order valence-electron chi connectivity index (χ4n) is 4.42. The van der Waals surface area contributed by atoms with Crippen LogP contribution in [0.3, 0.4) is 0 Å². The molecule has 1 saturated heterocycles. The first kappa shape index (κ1) is 20.2. The predicted molar refractivity (Wildman–Crippen MR) is 98.4 cm³/mol. The molecule has 2 aliphatic rings. The Morgan fingerprint density at radius 3 is 2.40 bits per heavy atom. The van der Waals surface area contributed by atoms with Gasteiger partial charge in [-0.3, -0.25) is 0 Å². The van der Waals surface area contributed by atoms with Crippen molar-refractivity contribution in [2.75, 3.05) is 13.1 Å². The minimum Gasteiger partial charge on any atom is -0.490 e. The average molecular weight is 423 g/mol. The lowest BCUT2D eigenvalue weighted by Gasteiger charge is -2.21. The topological polar surface area (TPSA) is 84.7 Å². The van der Waals surface area contributed by atoms with Crippen molar-refractivity contribution in [1.82, 2.24) is 14.7 Å². The number of amides is 1. The van der Waals surface area contributed by atoms with E-state index >= 15 is 0 Å². The number of aromatic nitrogens is 2. The van der Waals surface area contributed by atoms with Crippen LogP contribution in [-0.2, 0) is 6.18 Å². The van der Waals surface area contributed by atoms with Gasteiger partial charge in [0.25, 0.3) is 0 Å². The first-order valence-corrected chi connectivity index (χ1v) is 9.55. The Bertz CT molecular complexity index is 974. The molecule has 0 bridgehead atoms. The Hall–Kier alpha value is -3.04. The van der Waals surface area contributed by atoms with Crippen molar-refractivity contribution in [3.05, 3.63) is 47.3 Å². The Morgan fingerprint density at radius 1 is 1.17 bits per heavy atom. The molecule has 2 atom stereocenters. The van der Waals surface area contributed by atoms with Crippen LogP contribution in [0.4, 0.5) is 18.0 Å². The summed E-state index contributed by atoms with van der Waals surface area (Å²) >= 11 is 0. The Balaban J connectivity index is 1.38. The molecule has 10 heteroatoms. The molecule has 1 N–H and O–H groups in total. The number of carboxylic acids is 1. The number of carbonyl (C=O) groups excluding carboxylic acids is 1. The van der Waals surface area contributed by atoms with Gasteiger partial charge in [0.05, 0.1) is 11.7 Å². The summed E-state index contributed by atoms with van der Waals surface area (Å²) in [6.45, 7) is 2.37. The zero-order chi connectivity index (χ0) is 21.6. The van der Waals surface area contributed by atoms with Crippen LogP contribution >= 0.6 is 0 Å². The van der Waals surface area contributed by atoms with Crippen molar-refractivity contribution in [2.45, 2.75) is 32.0 Å². The first-order valence-electron chi connectivity index (χ1n) is 9.55. The third kappa shape index (κ3) is 3.73. The minimum absolute atomic E-state index is 0.0757. The quantitative estimate of drug-likeness (QED) is 0.815. The molecule has 7 nitrogen and oxygen atoms in total. The number of carboxylic acid groups (broad SMARTS) is 1. The lowest BCUT2D eigenvalue weighted by atomic mass is 10.0. The Kier molecular flexibility index (Phi) is 4.95. The summed E-state index contributed by atoms with van der Waals surface area (Å²) in [4.78, 5) is 25.1. The molecule has 2 heterocycles. The Labute approximate surface area is 170 Å². The zero-order valence-corrected chi connectivity index (χ0v) is 16.1. The van der Waals surface area contributed by atoms with Gasteiger partial charge < -0.3 is 14.7 Å². The van der Waals surface area contributed by atoms with Crippen molar-refractivity contribution in [3.63, 3.8) is 0 Å². The number of benzene rings is 1. The van der Waals surface area contributed by atoms with Crippen LogP contribution in [-0.4, -0.2) is 51.0 Å². The maximum absolute atomic E-state index is 13.1. The maximum Gasteiger partial charge on any atom is 0.416 e. The van der Waals surface area contributed by atoms with E-state index in [0.717, 1.165) is 10.7 Å². The van der Waals surface area contributed by atoms with Crippen molar-refractivity contribution in [1.29, 1.82) is 0 Å². The van der Waals surface area contributed by atoms with Crippen molar-refractivity contribution in [2.24, 2.45) is 11.8 Å². The van der Waals surface area contributed by atoms with E-state index in [0.29, 0.717) is 25.9 Å². The van der Waals surface area contributed by atoms with E-state index < -0.39 is 17.7 Å². The lowest BCUT2D eigenvalue weighted by Crippen LogP contribution is -2.34. The second-order valence-electron chi connectivity index (χ2n) is 7.80. The molecular formula is C20H20F3N3O4. The number of hydrogen-bond donors (Lipinski definition) is 1. The van der Waals surface area contributed by atoms with Crippen LogP contribution in [0, 0.1) is 18.8 Å². The SMILES string of the molecule is Cc1c(OC2CC3CN(C(=O)n4ccc(C(=O)O)n4)CC3C2)cccc1C(F)(F)F. The number of halogens is 3. The number of hydrogen-bond acceptors (Lipinski definition) is 4. The second-order valence-corrected chi connectivity index (χ2v) is 7.80. The molecule has 30 heavy (non-hydrogen) atoms. The van der Waals surface area contributed by atoms with Crippen LogP contribution in [0.15, 0.2) is 30.5 Å². The molecule has 2 fully saturated rings.